The fourth-order valence-corrected chi connectivity index (χ4v) is 0. The molecule has 3 radical (unpaired) electrons. The van der Waals surface area contributed by atoms with Crippen molar-refractivity contribution in [2.45, 2.75) is 0 Å². The van der Waals surface area contributed by atoms with Crippen molar-refractivity contribution in [3.8, 4) is 0 Å². The molecule has 0 amide bonds. The first-order valence-electron chi connectivity index (χ1n) is 0. The molecule has 0 aromatic carbocycles. The standard InChI is InChI=1S/B.4Li.4H/q;4*+1;4*-1. The molecule has 0 unspecified atom stereocenters. The first-order chi connectivity index (χ1) is 0. The molecule has 11 valence electrons. The first-order valence-corrected chi connectivity index (χ1v) is 0. The molecule has 0 aromatic heterocycles. The van der Waals surface area contributed by atoms with E-state index in [1.54, 1.807) is 0 Å². The molecule has 5 heavy (non-hydrogen) atoms. The topological polar surface area (TPSA) is 0 Å². The first kappa shape index (κ1) is 51.5. The van der Waals surface area contributed by atoms with Gasteiger partial charge < -0.3 is 5.71 Å². The van der Waals surface area contributed by atoms with E-state index in [1.165, 1.54) is 0 Å². The summed E-state index contributed by atoms with van der Waals surface area (Å²) in [7, 11) is 0. The van der Waals surface area contributed by atoms with Gasteiger partial charge in [-0.25, -0.2) is 0 Å². The van der Waals surface area contributed by atoms with Crippen molar-refractivity contribution >= 4 is 8.41 Å². The van der Waals surface area contributed by atoms with Crippen LogP contribution in [0.3, 0.4) is 0 Å². The second-order valence-electron chi connectivity index (χ2n) is 0. The molecule has 0 bridgehead atoms. The molecule has 0 saturated carbocycles. The zero-order valence-corrected chi connectivity index (χ0v) is 4.58. The van der Waals surface area contributed by atoms with Gasteiger partial charge in [-0.1, -0.05) is 0 Å². The minimum Gasteiger partial charge on any atom is -1.00 e. The molecular weight excluding hydrogens is 38.6 g/mol. The van der Waals surface area contributed by atoms with Gasteiger partial charge in [-0.3, -0.25) is 0 Å². The maximum Gasteiger partial charge on any atom is 1.00 e. The Morgan fingerprint density at radius 3 is 0.600 bits per heavy atom. The van der Waals surface area contributed by atoms with Crippen LogP contribution < -0.4 is 75.4 Å². The van der Waals surface area contributed by atoms with Crippen LogP contribution in [0, 0.1) is 0 Å². The van der Waals surface area contributed by atoms with E-state index in [2.05, 4.69) is 0 Å². The molecule has 0 aliphatic carbocycles. The number of hydrogen-bond acceptors (Lipinski definition) is 0. The molecule has 0 aliphatic rings. The Morgan fingerprint density at radius 1 is 0.600 bits per heavy atom. The van der Waals surface area contributed by atoms with Crippen molar-refractivity contribution in [3.05, 3.63) is 0 Å². The molecule has 0 aliphatic heterocycles. The van der Waals surface area contributed by atoms with E-state index in [9.17, 15) is 0 Å². The van der Waals surface area contributed by atoms with E-state index in [0.717, 1.165) is 0 Å². The normalized spacial score (nSPS) is 0. The SMILES string of the molecule is [B].[H-].[H-].[H-].[H-].[Li+].[Li+].[Li+].[Li+]. The van der Waals surface area contributed by atoms with Crippen LogP contribution in [-0.2, 0) is 0 Å². The maximum atomic E-state index is 0. The summed E-state index contributed by atoms with van der Waals surface area (Å²) in [5.74, 6) is 0. The summed E-state index contributed by atoms with van der Waals surface area (Å²) < 4.78 is 0. The molecule has 0 aromatic rings. The van der Waals surface area contributed by atoms with Crippen LogP contribution in [-0.4, -0.2) is 8.41 Å². The van der Waals surface area contributed by atoms with E-state index >= 15 is 0 Å². The Balaban J connectivity index is 0. The Kier molecular flexibility index (Phi) is 329. The van der Waals surface area contributed by atoms with Gasteiger partial charge in [0.1, 0.15) is 0 Å². The fourth-order valence-electron chi connectivity index (χ4n) is 0. The van der Waals surface area contributed by atoms with Crippen molar-refractivity contribution in [3.63, 3.8) is 0 Å². The van der Waals surface area contributed by atoms with Crippen LogP contribution in [0.5, 0.6) is 0 Å². The van der Waals surface area contributed by atoms with Crippen molar-refractivity contribution in [1.29, 1.82) is 0 Å². The van der Waals surface area contributed by atoms with E-state index in [0.29, 0.717) is 0 Å². The predicted molar refractivity (Wildman–Crippen MR) is 10.2 cm³/mol. The number of hydrogen-bond donors (Lipinski definition) is 0. The second kappa shape index (κ2) is 31.9. The average molecular weight is 42.6 g/mol. The van der Waals surface area contributed by atoms with Crippen molar-refractivity contribution in [2.24, 2.45) is 0 Å². The summed E-state index contributed by atoms with van der Waals surface area (Å²) in [6.45, 7) is 0. The Labute approximate surface area is 88.8 Å². The summed E-state index contributed by atoms with van der Waals surface area (Å²) in [5, 5.41) is 0. The summed E-state index contributed by atoms with van der Waals surface area (Å²) in [6.07, 6.45) is 0. The third-order valence-electron chi connectivity index (χ3n) is 0. The minimum atomic E-state index is 0. The fraction of sp³-hybridized carbons (Fsp3) is 0. The third-order valence-corrected chi connectivity index (χ3v) is 0. The van der Waals surface area contributed by atoms with Crippen molar-refractivity contribution in [1.82, 2.24) is 0 Å². The molecule has 0 heterocycles. The molecule has 0 fully saturated rings. The van der Waals surface area contributed by atoms with Crippen LogP contribution in [0.2, 0.25) is 0 Å². The minimum absolute atomic E-state index is 0. The van der Waals surface area contributed by atoms with Gasteiger partial charge in [-0.05, 0) is 0 Å². The molecule has 0 N–H and O–H groups in total. The van der Waals surface area contributed by atoms with Crippen LogP contribution in [0.1, 0.15) is 5.71 Å². The van der Waals surface area contributed by atoms with Crippen LogP contribution >= 0.6 is 0 Å². The van der Waals surface area contributed by atoms with Crippen LogP contribution in [0.15, 0.2) is 0 Å². The molecule has 0 rings (SSSR count). The van der Waals surface area contributed by atoms with Gasteiger partial charge in [0.05, 0.1) is 0 Å². The second-order valence-corrected chi connectivity index (χ2v) is 0. The van der Waals surface area contributed by atoms with Gasteiger partial charge in [0, 0.05) is 8.41 Å². The Bertz CT molecular complexity index is 12.5. The van der Waals surface area contributed by atoms with Crippen LogP contribution in [0.25, 0.3) is 0 Å². The predicted octanol–water partition coefficient (Wildman–Crippen LogP) is -11.9. The zero-order chi connectivity index (χ0) is 0. The monoisotopic (exact) mass is 43.1 g/mol. The Morgan fingerprint density at radius 2 is 0.600 bits per heavy atom. The zero-order valence-electron chi connectivity index (χ0n) is 8.58. The van der Waals surface area contributed by atoms with Gasteiger partial charge in [0.15, 0.2) is 0 Å². The van der Waals surface area contributed by atoms with Crippen molar-refractivity contribution in [2.75, 3.05) is 0 Å². The van der Waals surface area contributed by atoms with E-state index in [-0.39, 0.29) is 89.6 Å². The molecule has 0 spiro atoms. The Hall–Kier alpha value is 2.45. The third kappa shape index (κ3) is 21.3. The molecular formula is H4BLi4. The molecule has 0 nitrogen and oxygen atoms in total. The largest absolute Gasteiger partial charge is 1.00 e. The van der Waals surface area contributed by atoms with Gasteiger partial charge in [0.25, 0.3) is 0 Å². The summed E-state index contributed by atoms with van der Waals surface area (Å²) in [6, 6.07) is 0. The van der Waals surface area contributed by atoms with Gasteiger partial charge in [-0.2, -0.15) is 0 Å². The summed E-state index contributed by atoms with van der Waals surface area (Å²) in [4.78, 5) is 0. The smallest absolute Gasteiger partial charge is 1.00 e. The molecule has 0 atom stereocenters. The summed E-state index contributed by atoms with van der Waals surface area (Å²) in [5.41, 5.74) is 0. The van der Waals surface area contributed by atoms with Crippen LogP contribution in [0.4, 0.5) is 0 Å². The average Bonchev–Trinajstić information content (AvgIpc) is 0. The van der Waals surface area contributed by atoms with E-state index in [4.69, 9.17) is 0 Å². The van der Waals surface area contributed by atoms with Crippen molar-refractivity contribution < 1.29 is 81.1 Å². The van der Waals surface area contributed by atoms with E-state index < -0.39 is 0 Å². The van der Waals surface area contributed by atoms with Gasteiger partial charge in [-0.15, -0.1) is 0 Å². The quantitative estimate of drug-likeness (QED) is 0.236. The molecule has 5 heteroatoms. The molecule has 0 saturated heterocycles. The number of rotatable bonds is 0. The maximum absolute atomic E-state index is 0. The van der Waals surface area contributed by atoms with Gasteiger partial charge >= 0.3 is 75.4 Å². The van der Waals surface area contributed by atoms with Gasteiger partial charge in [0.2, 0.25) is 0 Å². The summed E-state index contributed by atoms with van der Waals surface area (Å²) >= 11 is 0. The van der Waals surface area contributed by atoms with E-state index in [1.807, 2.05) is 0 Å².